The van der Waals surface area contributed by atoms with Crippen molar-refractivity contribution in [2.75, 3.05) is 32.1 Å². The topological polar surface area (TPSA) is 172 Å². The first-order valence-electron chi connectivity index (χ1n) is 16.0. The standard InChI is InChI=1S/C35H39N5O7.CH4O/c1-35(2,3)47-34(45)39-21-26(19-30(39)33(43)44)46-25-12-8-11-23(18-25)27-14-9-17-40-29(27)20-31(38-40)36-15-6-7-16-37-32(42)28-13-5-4-10-24(28)22-41;1-2/h4-5,8-14,17-18,20,22,26,30H,6-7,15-16,19,21H2,1-3H3,(H,36,38)(H,37,42)(H,43,44);2H,1H3. The molecule has 49 heavy (non-hydrogen) atoms. The molecule has 1 saturated heterocycles. The molecule has 2 aromatic carbocycles. The number of rotatable bonds is 12. The molecule has 1 aliphatic rings. The zero-order valence-corrected chi connectivity index (χ0v) is 28.1. The van der Waals surface area contributed by atoms with Gasteiger partial charge in [0.2, 0.25) is 0 Å². The predicted molar refractivity (Wildman–Crippen MR) is 184 cm³/mol. The van der Waals surface area contributed by atoms with Crippen LogP contribution in [0.4, 0.5) is 10.6 Å². The molecule has 2 aromatic heterocycles. The second-order valence-electron chi connectivity index (χ2n) is 12.4. The van der Waals surface area contributed by atoms with Gasteiger partial charge in [-0.25, -0.2) is 14.1 Å². The van der Waals surface area contributed by atoms with E-state index >= 15 is 0 Å². The molecule has 4 aromatic rings. The van der Waals surface area contributed by atoms with Crippen LogP contribution in [-0.2, 0) is 9.53 Å². The highest BCUT2D eigenvalue weighted by atomic mass is 16.6. The number of aromatic nitrogens is 2. The Morgan fingerprint density at radius 3 is 2.49 bits per heavy atom. The highest BCUT2D eigenvalue weighted by Gasteiger charge is 2.42. The number of hydrogen-bond acceptors (Lipinski definition) is 9. The van der Waals surface area contributed by atoms with Gasteiger partial charge < -0.3 is 30.3 Å². The Labute approximate surface area is 284 Å². The van der Waals surface area contributed by atoms with Crippen molar-refractivity contribution in [3.8, 4) is 16.9 Å². The van der Waals surface area contributed by atoms with E-state index in [1.165, 1.54) is 4.90 Å². The molecule has 1 aliphatic heterocycles. The summed E-state index contributed by atoms with van der Waals surface area (Å²) in [6.45, 7) is 6.45. The Kier molecular flexibility index (Phi) is 12.3. The fourth-order valence-corrected chi connectivity index (χ4v) is 5.48. The number of fused-ring (bicyclic) bond motifs is 1. The number of nitrogens with zero attached hydrogens (tertiary/aromatic N) is 3. The Balaban J connectivity index is 0.00000265. The van der Waals surface area contributed by atoms with Crippen molar-refractivity contribution in [2.45, 2.75) is 57.8 Å². The maximum atomic E-state index is 12.7. The predicted octanol–water partition coefficient (Wildman–Crippen LogP) is 4.89. The average Bonchev–Trinajstić information content (AvgIpc) is 3.71. The molecule has 0 aliphatic carbocycles. The van der Waals surface area contributed by atoms with Crippen molar-refractivity contribution in [1.29, 1.82) is 0 Å². The van der Waals surface area contributed by atoms with Gasteiger partial charge in [-0.2, -0.15) is 5.10 Å². The van der Waals surface area contributed by atoms with Crippen molar-refractivity contribution in [2.24, 2.45) is 0 Å². The van der Waals surface area contributed by atoms with Gasteiger partial charge in [0.15, 0.2) is 6.29 Å². The smallest absolute Gasteiger partial charge is 0.411 e. The van der Waals surface area contributed by atoms with Crippen LogP contribution in [0.5, 0.6) is 5.75 Å². The van der Waals surface area contributed by atoms with E-state index in [1.807, 2.05) is 48.7 Å². The molecule has 0 spiro atoms. The van der Waals surface area contributed by atoms with Crippen LogP contribution in [0.25, 0.3) is 16.6 Å². The van der Waals surface area contributed by atoms with Gasteiger partial charge in [0.25, 0.3) is 5.91 Å². The molecular formula is C36H43N5O8. The Hall–Kier alpha value is -5.43. The lowest BCUT2D eigenvalue weighted by atomic mass is 10.1. The summed E-state index contributed by atoms with van der Waals surface area (Å²) < 4.78 is 13.4. The van der Waals surface area contributed by atoms with Crippen LogP contribution in [0.15, 0.2) is 72.9 Å². The summed E-state index contributed by atoms with van der Waals surface area (Å²) in [4.78, 5) is 49.4. The van der Waals surface area contributed by atoms with Crippen molar-refractivity contribution < 1.29 is 38.9 Å². The Morgan fingerprint density at radius 1 is 1.00 bits per heavy atom. The second kappa shape index (κ2) is 16.6. The molecule has 0 radical (unpaired) electrons. The zero-order valence-electron chi connectivity index (χ0n) is 28.1. The van der Waals surface area contributed by atoms with Crippen molar-refractivity contribution in [3.05, 3.63) is 84.1 Å². The maximum Gasteiger partial charge on any atom is 0.411 e. The zero-order chi connectivity index (χ0) is 35.6. The van der Waals surface area contributed by atoms with Crippen LogP contribution in [-0.4, -0.2) is 93.5 Å². The first-order valence-corrected chi connectivity index (χ1v) is 16.0. The number of amides is 2. The average molecular weight is 674 g/mol. The molecule has 3 heterocycles. The number of carbonyl (C=O) groups excluding carboxylic acids is 3. The number of carbonyl (C=O) groups is 4. The Bertz CT molecular complexity index is 1770. The van der Waals surface area contributed by atoms with E-state index in [-0.39, 0.29) is 18.9 Å². The number of aliphatic hydroxyl groups is 1. The number of aliphatic hydroxyl groups excluding tert-OH is 1. The molecule has 13 nitrogen and oxygen atoms in total. The van der Waals surface area contributed by atoms with Crippen LogP contribution >= 0.6 is 0 Å². The maximum absolute atomic E-state index is 12.7. The lowest BCUT2D eigenvalue weighted by Gasteiger charge is -2.26. The lowest BCUT2D eigenvalue weighted by molar-refractivity contribution is -0.142. The van der Waals surface area contributed by atoms with Crippen LogP contribution in [0, 0.1) is 0 Å². The molecule has 2 atom stereocenters. The SMILES string of the molecule is CC(C)(C)OC(=O)N1CC(Oc2cccc(-c3cccn4nc(NCCCCNC(=O)c5ccccc5C=O)cc34)c2)CC1C(=O)O.CO. The summed E-state index contributed by atoms with van der Waals surface area (Å²) >= 11 is 0. The fraction of sp³-hybridized carbons (Fsp3) is 0.361. The molecular weight excluding hydrogens is 630 g/mol. The molecule has 0 saturated carbocycles. The van der Waals surface area contributed by atoms with E-state index in [2.05, 4.69) is 15.7 Å². The number of carboxylic acid groups (broad SMARTS) is 1. The molecule has 5 rings (SSSR count). The molecule has 0 bridgehead atoms. The minimum atomic E-state index is -1.10. The number of benzene rings is 2. The first-order chi connectivity index (χ1) is 23.5. The van der Waals surface area contributed by atoms with Gasteiger partial charge >= 0.3 is 12.1 Å². The van der Waals surface area contributed by atoms with Crippen molar-refractivity contribution in [1.82, 2.24) is 19.8 Å². The van der Waals surface area contributed by atoms with E-state index < -0.39 is 29.8 Å². The largest absolute Gasteiger partial charge is 0.488 e. The first kappa shape index (κ1) is 36.4. The normalized spacial score (nSPS) is 15.6. The number of pyridine rings is 1. The fourth-order valence-electron chi connectivity index (χ4n) is 5.48. The number of carboxylic acids is 1. The van der Waals surface area contributed by atoms with E-state index in [4.69, 9.17) is 14.6 Å². The highest BCUT2D eigenvalue weighted by Crippen LogP contribution is 2.31. The third kappa shape index (κ3) is 9.57. The van der Waals surface area contributed by atoms with E-state index in [0.717, 1.165) is 36.6 Å². The summed E-state index contributed by atoms with van der Waals surface area (Å²) in [7, 11) is 1.00. The number of nitrogens with one attached hydrogen (secondary N) is 2. The van der Waals surface area contributed by atoms with Gasteiger partial charge in [0, 0.05) is 55.6 Å². The van der Waals surface area contributed by atoms with Gasteiger partial charge in [-0.3, -0.25) is 14.5 Å². The van der Waals surface area contributed by atoms with E-state index in [0.29, 0.717) is 42.1 Å². The van der Waals surface area contributed by atoms with E-state index in [9.17, 15) is 24.3 Å². The monoisotopic (exact) mass is 673 g/mol. The van der Waals surface area contributed by atoms with Gasteiger partial charge in [-0.1, -0.05) is 36.4 Å². The van der Waals surface area contributed by atoms with Gasteiger partial charge in [0.1, 0.15) is 29.3 Å². The van der Waals surface area contributed by atoms with Crippen molar-refractivity contribution >= 4 is 35.6 Å². The number of aliphatic carboxylic acids is 1. The lowest BCUT2D eigenvalue weighted by Crippen LogP contribution is -2.43. The number of likely N-dealkylation sites (tertiary alicyclic amines) is 1. The van der Waals surface area contributed by atoms with Crippen LogP contribution < -0.4 is 15.4 Å². The third-order valence-electron chi connectivity index (χ3n) is 7.65. The second-order valence-corrected chi connectivity index (χ2v) is 12.4. The van der Waals surface area contributed by atoms with Gasteiger partial charge in [-0.05, 0) is 63.4 Å². The number of aldehydes is 1. The van der Waals surface area contributed by atoms with Gasteiger partial charge in [0.05, 0.1) is 12.1 Å². The summed E-state index contributed by atoms with van der Waals surface area (Å²) in [5.74, 6) is -0.0963. The molecule has 13 heteroatoms. The van der Waals surface area contributed by atoms with Gasteiger partial charge in [-0.15, -0.1) is 0 Å². The number of unbranched alkanes of at least 4 members (excludes halogenated alkanes) is 1. The molecule has 2 unspecified atom stereocenters. The number of hydrogen-bond donors (Lipinski definition) is 4. The minimum absolute atomic E-state index is 0.101. The summed E-state index contributed by atoms with van der Waals surface area (Å²) in [6.07, 6.45) is 3.05. The minimum Gasteiger partial charge on any atom is -0.488 e. The third-order valence-corrected chi connectivity index (χ3v) is 7.65. The molecule has 1 fully saturated rings. The van der Waals surface area contributed by atoms with Crippen molar-refractivity contribution in [3.63, 3.8) is 0 Å². The summed E-state index contributed by atoms with van der Waals surface area (Å²) in [5, 5.41) is 27.6. The Morgan fingerprint density at radius 2 is 1.76 bits per heavy atom. The summed E-state index contributed by atoms with van der Waals surface area (Å²) in [6, 6.07) is 19.1. The van der Waals surface area contributed by atoms with Crippen LogP contribution in [0.3, 0.4) is 0 Å². The van der Waals surface area contributed by atoms with Crippen LogP contribution in [0.2, 0.25) is 0 Å². The van der Waals surface area contributed by atoms with Crippen LogP contribution in [0.1, 0.15) is 60.7 Å². The summed E-state index contributed by atoms with van der Waals surface area (Å²) in [5.41, 5.74) is 2.70. The number of ether oxygens (including phenoxy) is 2. The molecule has 260 valence electrons. The van der Waals surface area contributed by atoms with E-state index in [1.54, 1.807) is 49.6 Å². The number of anilines is 1. The quantitative estimate of drug-likeness (QED) is 0.120. The molecule has 4 N–H and O–H groups in total. The molecule has 2 amide bonds. The highest BCUT2D eigenvalue weighted by molar-refractivity contribution is 6.01.